The van der Waals surface area contributed by atoms with Gasteiger partial charge in [-0.15, -0.1) is 11.3 Å². The molecule has 3 nitrogen and oxygen atoms in total. The number of methoxy groups -OCH3 is 2. The van der Waals surface area contributed by atoms with E-state index < -0.39 is 0 Å². The van der Waals surface area contributed by atoms with E-state index in [-0.39, 0.29) is 6.04 Å². The molecule has 0 aliphatic carbocycles. The molecule has 0 fully saturated rings. The number of rotatable bonds is 6. The molecular formula is C16H20ClNO2S. The topological polar surface area (TPSA) is 30.5 Å². The van der Waals surface area contributed by atoms with Gasteiger partial charge in [0.05, 0.1) is 30.8 Å². The van der Waals surface area contributed by atoms with E-state index >= 15 is 0 Å². The number of hydrogen-bond donors (Lipinski definition) is 1. The summed E-state index contributed by atoms with van der Waals surface area (Å²) in [5, 5.41) is 6.36. The number of aryl methyl sites for hydroxylation is 1. The van der Waals surface area contributed by atoms with Gasteiger partial charge in [-0.2, -0.15) is 0 Å². The smallest absolute Gasteiger partial charge is 0.127 e. The van der Waals surface area contributed by atoms with E-state index in [1.807, 2.05) is 25.1 Å². The van der Waals surface area contributed by atoms with Gasteiger partial charge in [0.2, 0.25) is 0 Å². The standard InChI is InChI=1S/C16H20ClNO2S/c1-5-18-15(16-14(17)10(2)9-21-16)13-11(19-3)7-6-8-12(13)20-4/h6-9,15,18H,5H2,1-4H3. The van der Waals surface area contributed by atoms with Crippen LogP contribution in [-0.4, -0.2) is 20.8 Å². The summed E-state index contributed by atoms with van der Waals surface area (Å²) in [7, 11) is 3.34. The normalized spacial score (nSPS) is 12.2. The van der Waals surface area contributed by atoms with Crippen LogP contribution < -0.4 is 14.8 Å². The fourth-order valence-electron chi connectivity index (χ4n) is 2.34. The summed E-state index contributed by atoms with van der Waals surface area (Å²) < 4.78 is 11.0. The molecule has 1 unspecified atom stereocenters. The number of thiophene rings is 1. The van der Waals surface area contributed by atoms with E-state index in [9.17, 15) is 0 Å². The van der Waals surface area contributed by atoms with Crippen LogP contribution in [0.5, 0.6) is 11.5 Å². The van der Waals surface area contributed by atoms with Gasteiger partial charge < -0.3 is 14.8 Å². The molecule has 114 valence electrons. The maximum Gasteiger partial charge on any atom is 0.127 e. The SMILES string of the molecule is CCNC(c1scc(C)c1Cl)c1c(OC)cccc1OC. The van der Waals surface area contributed by atoms with Crippen LogP contribution in [0.15, 0.2) is 23.6 Å². The van der Waals surface area contributed by atoms with E-state index in [4.69, 9.17) is 21.1 Å². The summed E-state index contributed by atoms with van der Waals surface area (Å²) in [4.78, 5) is 1.08. The Morgan fingerprint density at radius 2 is 1.86 bits per heavy atom. The molecule has 1 aromatic carbocycles. The van der Waals surface area contributed by atoms with Crippen LogP contribution in [0.2, 0.25) is 5.02 Å². The number of nitrogens with one attached hydrogen (secondary N) is 1. The minimum atomic E-state index is -0.0488. The van der Waals surface area contributed by atoms with Crippen molar-refractivity contribution in [2.45, 2.75) is 19.9 Å². The molecule has 0 spiro atoms. The van der Waals surface area contributed by atoms with Crippen molar-refractivity contribution in [3.63, 3.8) is 0 Å². The van der Waals surface area contributed by atoms with Gasteiger partial charge in [-0.1, -0.05) is 24.6 Å². The fourth-order valence-corrected chi connectivity index (χ4v) is 3.72. The first-order valence-corrected chi connectivity index (χ1v) is 8.07. The Kier molecular flexibility index (Phi) is 5.51. The zero-order valence-corrected chi connectivity index (χ0v) is 14.3. The van der Waals surface area contributed by atoms with Crippen molar-refractivity contribution < 1.29 is 9.47 Å². The molecule has 1 N–H and O–H groups in total. The average molecular weight is 326 g/mol. The van der Waals surface area contributed by atoms with Crippen molar-refractivity contribution >= 4 is 22.9 Å². The second-order valence-electron chi connectivity index (χ2n) is 4.66. The molecule has 1 atom stereocenters. The molecule has 0 amide bonds. The van der Waals surface area contributed by atoms with E-state index in [2.05, 4.69) is 17.6 Å². The van der Waals surface area contributed by atoms with Crippen LogP contribution >= 0.6 is 22.9 Å². The summed E-state index contributed by atoms with van der Waals surface area (Å²) >= 11 is 8.12. The van der Waals surface area contributed by atoms with Gasteiger partial charge in [0.15, 0.2) is 0 Å². The summed E-state index contributed by atoms with van der Waals surface area (Å²) in [5.74, 6) is 1.59. The summed E-state index contributed by atoms with van der Waals surface area (Å²) in [6.07, 6.45) is 0. The van der Waals surface area contributed by atoms with Gasteiger partial charge in [0.1, 0.15) is 11.5 Å². The monoisotopic (exact) mass is 325 g/mol. The predicted octanol–water partition coefficient (Wildman–Crippen LogP) is 4.43. The summed E-state index contributed by atoms with van der Waals surface area (Å²) in [6, 6.07) is 5.76. The van der Waals surface area contributed by atoms with Crippen LogP contribution in [0.1, 0.15) is 29.0 Å². The molecule has 0 aliphatic rings. The van der Waals surface area contributed by atoms with E-state index in [0.717, 1.165) is 39.1 Å². The van der Waals surface area contributed by atoms with Crippen LogP contribution in [0.3, 0.4) is 0 Å². The molecule has 0 bridgehead atoms. The molecule has 1 aromatic heterocycles. The van der Waals surface area contributed by atoms with Gasteiger partial charge in [-0.25, -0.2) is 0 Å². The highest BCUT2D eigenvalue weighted by Gasteiger charge is 2.25. The highest BCUT2D eigenvalue weighted by Crippen LogP contribution is 2.42. The molecule has 2 rings (SSSR count). The molecule has 21 heavy (non-hydrogen) atoms. The van der Waals surface area contributed by atoms with Crippen molar-refractivity contribution in [3.8, 4) is 11.5 Å². The lowest BCUT2D eigenvalue weighted by Gasteiger charge is -2.22. The van der Waals surface area contributed by atoms with Crippen LogP contribution in [0.25, 0.3) is 0 Å². The number of hydrogen-bond acceptors (Lipinski definition) is 4. The van der Waals surface area contributed by atoms with E-state index in [1.54, 1.807) is 25.6 Å². The molecule has 0 saturated heterocycles. The number of halogens is 1. The van der Waals surface area contributed by atoms with Gasteiger partial charge in [0, 0.05) is 4.88 Å². The maximum atomic E-state index is 6.47. The lowest BCUT2D eigenvalue weighted by molar-refractivity contribution is 0.378. The minimum Gasteiger partial charge on any atom is -0.496 e. The molecule has 0 radical (unpaired) electrons. The average Bonchev–Trinajstić information content (AvgIpc) is 2.84. The Hall–Kier alpha value is -1.23. The molecular weight excluding hydrogens is 306 g/mol. The summed E-state index contributed by atoms with van der Waals surface area (Å²) in [6.45, 7) is 4.91. The molecule has 0 aliphatic heterocycles. The molecule has 5 heteroatoms. The van der Waals surface area contributed by atoms with Crippen LogP contribution in [-0.2, 0) is 0 Å². The second kappa shape index (κ2) is 7.16. The van der Waals surface area contributed by atoms with Crippen molar-refractivity contribution in [1.82, 2.24) is 5.32 Å². The third-order valence-electron chi connectivity index (χ3n) is 3.35. The Balaban J connectivity index is 2.60. The van der Waals surface area contributed by atoms with Gasteiger partial charge in [-0.05, 0) is 36.5 Å². The van der Waals surface area contributed by atoms with Gasteiger partial charge >= 0.3 is 0 Å². The zero-order valence-electron chi connectivity index (χ0n) is 12.7. The lowest BCUT2D eigenvalue weighted by Crippen LogP contribution is -2.22. The zero-order chi connectivity index (χ0) is 15.4. The Morgan fingerprint density at radius 3 is 2.29 bits per heavy atom. The lowest BCUT2D eigenvalue weighted by atomic mass is 10.0. The third kappa shape index (κ3) is 3.18. The van der Waals surface area contributed by atoms with Crippen LogP contribution in [0, 0.1) is 6.92 Å². The fraction of sp³-hybridized carbons (Fsp3) is 0.375. The minimum absolute atomic E-state index is 0.0488. The third-order valence-corrected chi connectivity index (χ3v) is 5.13. The van der Waals surface area contributed by atoms with Crippen molar-refractivity contribution in [3.05, 3.63) is 44.6 Å². The van der Waals surface area contributed by atoms with Gasteiger partial charge in [0.25, 0.3) is 0 Å². The van der Waals surface area contributed by atoms with Crippen molar-refractivity contribution in [2.75, 3.05) is 20.8 Å². The first-order valence-electron chi connectivity index (χ1n) is 6.81. The molecule has 1 heterocycles. The number of benzene rings is 1. The second-order valence-corrected chi connectivity index (χ2v) is 5.95. The van der Waals surface area contributed by atoms with Gasteiger partial charge in [-0.3, -0.25) is 0 Å². The molecule has 2 aromatic rings. The maximum absolute atomic E-state index is 6.47. The van der Waals surface area contributed by atoms with Crippen molar-refractivity contribution in [2.24, 2.45) is 0 Å². The highest BCUT2D eigenvalue weighted by atomic mass is 35.5. The predicted molar refractivity (Wildman–Crippen MR) is 89.1 cm³/mol. The Bertz CT molecular complexity index is 590. The quantitative estimate of drug-likeness (QED) is 0.852. The van der Waals surface area contributed by atoms with E-state index in [0.29, 0.717) is 0 Å². The van der Waals surface area contributed by atoms with Crippen molar-refractivity contribution in [1.29, 1.82) is 0 Å². The Labute approximate surface area is 134 Å². The first-order chi connectivity index (χ1) is 10.1. The van der Waals surface area contributed by atoms with E-state index in [1.165, 1.54) is 0 Å². The first kappa shape index (κ1) is 16.1. The molecule has 0 saturated carbocycles. The van der Waals surface area contributed by atoms with Crippen LogP contribution in [0.4, 0.5) is 0 Å². The largest absolute Gasteiger partial charge is 0.496 e. The summed E-state index contributed by atoms with van der Waals surface area (Å²) in [5.41, 5.74) is 2.07. The highest BCUT2D eigenvalue weighted by molar-refractivity contribution is 7.10. The Morgan fingerprint density at radius 1 is 1.24 bits per heavy atom. The number of ether oxygens (including phenoxy) is 2.